The standard InChI is InChI=1S/C18H9ClF3N3O3.C11H6ClF2N3O2.C7H4ClFO.CH2Cl2/c19-11-6-15-14(27-18(21,22)28-15)5-10(11)13-7-24-16(8-23-13)25-17(26)9-3-1-2-4-12(9)20;12-6-2-9-8(18-11(13,14)19-9)1-5(6)7-3-17-10(15)4-16-7;8-7(10)5-3-1-2-4-6(5)9;2-1-3/h1-8H,(H,24,25,26);1-4H,(H2,15,17);1-4H;1H2. The van der Waals surface area contributed by atoms with E-state index in [1.54, 1.807) is 6.07 Å². The first-order valence-corrected chi connectivity index (χ1v) is 18.3. The lowest BCUT2D eigenvalue weighted by Gasteiger charge is -2.07. The topological polar surface area (TPSA) is 161 Å². The van der Waals surface area contributed by atoms with Gasteiger partial charge in [0.2, 0.25) is 0 Å². The fourth-order valence-corrected chi connectivity index (χ4v) is 5.45. The zero-order chi connectivity index (χ0) is 43.8. The number of benzene rings is 4. The first-order valence-electron chi connectivity index (χ1n) is 16.1. The second-order valence-electron chi connectivity index (χ2n) is 11.3. The third kappa shape index (κ3) is 11.7. The molecule has 8 rings (SSSR count). The summed E-state index contributed by atoms with van der Waals surface area (Å²) in [7, 11) is 0. The Hall–Kier alpha value is -5.79. The number of aromatic nitrogens is 4. The number of fused-ring (bicyclic) bond motifs is 2. The van der Waals surface area contributed by atoms with Crippen molar-refractivity contribution in [3.63, 3.8) is 0 Å². The summed E-state index contributed by atoms with van der Waals surface area (Å²) >= 11 is 26.7. The molecule has 2 aliphatic heterocycles. The molecular weight excluding hydrogens is 916 g/mol. The maximum absolute atomic E-state index is 13.6. The molecule has 0 fully saturated rings. The Kier molecular flexibility index (Phi) is 14.7. The van der Waals surface area contributed by atoms with E-state index in [1.165, 1.54) is 85.5 Å². The van der Waals surface area contributed by atoms with Crippen LogP contribution in [0.4, 0.5) is 38.0 Å². The number of halogens is 11. The first-order chi connectivity index (χ1) is 28.4. The smallest absolute Gasteiger partial charge is 0.395 e. The minimum atomic E-state index is -3.77. The lowest BCUT2D eigenvalue weighted by molar-refractivity contribution is -0.287. The maximum Gasteiger partial charge on any atom is 0.586 e. The van der Waals surface area contributed by atoms with Gasteiger partial charge >= 0.3 is 12.6 Å². The molecule has 12 nitrogen and oxygen atoms in total. The van der Waals surface area contributed by atoms with Gasteiger partial charge in [0.15, 0.2) is 28.8 Å². The van der Waals surface area contributed by atoms with Gasteiger partial charge in [0.25, 0.3) is 11.1 Å². The molecule has 23 heteroatoms. The molecule has 312 valence electrons. The van der Waals surface area contributed by atoms with E-state index in [0.29, 0.717) is 11.3 Å². The zero-order valence-electron chi connectivity index (χ0n) is 29.4. The minimum absolute atomic E-state index is 0.0698. The molecule has 0 saturated heterocycles. The van der Waals surface area contributed by atoms with Crippen molar-refractivity contribution in [3.8, 4) is 45.5 Å². The molecule has 0 atom stereocenters. The second-order valence-corrected chi connectivity index (χ2v) is 13.3. The first kappa shape index (κ1) is 45.3. The number of amides is 1. The van der Waals surface area contributed by atoms with Gasteiger partial charge in [-0.25, -0.2) is 18.7 Å². The van der Waals surface area contributed by atoms with Gasteiger partial charge in [-0.1, -0.05) is 47.5 Å². The van der Waals surface area contributed by atoms with Crippen molar-refractivity contribution in [2.75, 3.05) is 16.4 Å². The number of ether oxygens (including phenoxy) is 4. The number of nitrogens with one attached hydrogen (secondary N) is 1. The summed E-state index contributed by atoms with van der Waals surface area (Å²) < 4.78 is 95.7. The number of hydrogen-bond donors (Lipinski definition) is 2. The Balaban J connectivity index is 0.000000183. The van der Waals surface area contributed by atoms with Crippen LogP contribution < -0.4 is 30.0 Å². The van der Waals surface area contributed by atoms with Gasteiger partial charge in [0.05, 0.1) is 62.7 Å². The summed E-state index contributed by atoms with van der Waals surface area (Å²) in [6.45, 7) is 0. The lowest BCUT2D eigenvalue weighted by atomic mass is 10.1. The Bertz CT molecular complexity index is 2510. The molecular formula is C37H21Cl5F6N6O6. The van der Waals surface area contributed by atoms with Crippen LogP contribution in [0.2, 0.25) is 10.0 Å². The lowest BCUT2D eigenvalue weighted by Crippen LogP contribution is -2.25. The molecule has 60 heavy (non-hydrogen) atoms. The summed E-state index contributed by atoms with van der Waals surface area (Å²) in [5, 5.41) is 2.13. The van der Waals surface area contributed by atoms with Crippen LogP contribution in [0.25, 0.3) is 22.5 Å². The number of nitrogen functional groups attached to an aromatic ring is 1. The number of carbonyl (C=O) groups is 2. The number of nitrogens with zero attached hydrogens (tertiary/aromatic N) is 4. The number of anilines is 2. The molecule has 1 amide bonds. The summed E-state index contributed by atoms with van der Waals surface area (Å²) in [5.41, 5.74) is 6.51. The average molecular weight is 937 g/mol. The van der Waals surface area contributed by atoms with Gasteiger partial charge < -0.3 is 30.0 Å². The normalized spacial score (nSPS) is 13.3. The van der Waals surface area contributed by atoms with Crippen LogP contribution >= 0.6 is 58.0 Å². The third-order valence-electron chi connectivity index (χ3n) is 7.30. The Morgan fingerprint density at radius 3 is 1.43 bits per heavy atom. The van der Waals surface area contributed by atoms with Crippen molar-refractivity contribution in [1.29, 1.82) is 0 Å². The maximum atomic E-state index is 13.6. The average Bonchev–Trinajstić information content (AvgIpc) is 3.67. The SMILES string of the molecule is ClCCl.Nc1cnc(-c2cc3c(cc2Cl)OC(F)(F)O3)cn1.O=C(Cl)c1ccccc1F.O=C(Nc1cnc(-c2cc3c(cc2Cl)OC(F)(F)O3)cn1)c1ccccc1F. The van der Waals surface area contributed by atoms with Crippen LogP contribution in [-0.2, 0) is 0 Å². The van der Waals surface area contributed by atoms with E-state index in [4.69, 9.17) is 63.7 Å². The summed E-state index contributed by atoms with van der Waals surface area (Å²) in [6.07, 6.45) is -2.22. The van der Waals surface area contributed by atoms with Crippen molar-refractivity contribution in [2.45, 2.75) is 12.6 Å². The van der Waals surface area contributed by atoms with Gasteiger partial charge in [-0.3, -0.25) is 19.6 Å². The highest BCUT2D eigenvalue weighted by Gasteiger charge is 2.45. The van der Waals surface area contributed by atoms with Crippen molar-refractivity contribution in [1.82, 2.24) is 19.9 Å². The van der Waals surface area contributed by atoms with E-state index in [2.05, 4.69) is 44.2 Å². The highest BCUT2D eigenvalue weighted by atomic mass is 35.5. The minimum Gasteiger partial charge on any atom is -0.395 e. The largest absolute Gasteiger partial charge is 0.586 e. The summed E-state index contributed by atoms with van der Waals surface area (Å²) in [5.74, 6) is -2.25. The van der Waals surface area contributed by atoms with Crippen LogP contribution in [0, 0.1) is 11.6 Å². The second kappa shape index (κ2) is 19.5. The Morgan fingerprint density at radius 2 is 1.05 bits per heavy atom. The van der Waals surface area contributed by atoms with E-state index < -0.39 is 35.4 Å². The highest BCUT2D eigenvalue weighted by molar-refractivity contribution is 6.67. The van der Waals surface area contributed by atoms with E-state index in [-0.39, 0.29) is 72.4 Å². The fourth-order valence-electron chi connectivity index (χ4n) is 4.79. The molecule has 0 spiro atoms. The molecule has 3 N–H and O–H groups in total. The Labute approximate surface area is 359 Å². The molecule has 4 aromatic carbocycles. The summed E-state index contributed by atoms with van der Waals surface area (Å²) in [4.78, 5) is 38.5. The van der Waals surface area contributed by atoms with Gasteiger partial charge in [-0.2, -0.15) is 0 Å². The third-order valence-corrected chi connectivity index (χ3v) is 8.13. The number of carbonyl (C=O) groups excluding carboxylic acids is 2. The quantitative estimate of drug-likeness (QED) is 0.0962. The molecule has 0 aliphatic carbocycles. The summed E-state index contributed by atoms with van der Waals surface area (Å²) in [6, 6.07) is 16.1. The molecule has 6 aromatic rings. The highest BCUT2D eigenvalue weighted by Crippen LogP contribution is 2.47. The van der Waals surface area contributed by atoms with E-state index in [9.17, 15) is 35.9 Å². The number of rotatable bonds is 5. The zero-order valence-corrected chi connectivity index (χ0v) is 33.2. The number of hydrogen-bond acceptors (Lipinski definition) is 11. The molecule has 2 aliphatic rings. The van der Waals surface area contributed by atoms with Crippen LogP contribution in [0.3, 0.4) is 0 Å². The van der Waals surface area contributed by atoms with Gasteiger partial charge in [0.1, 0.15) is 17.5 Å². The van der Waals surface area contributed by atoms with Crippen molar-refractivity contribution >= 4 is 80.8 Å². The predicted molar refractivity (Wildman–Crippen MR) is 209 cm³/mol. The number of nitrogens with two attached hydrogens (primary N) is 1. The van der Waals surface area contributed by atoms with E-state index in [0.717, 1.165) is 6.07 Å². The van der Waals surface area contributed by atoms with Crippen LogP contribution in [-0.4, -0.2) is 49.0 Å². The fraction of sp³-hybridized carbons (Fsp3) is 0.0811. The van der Waals surface area contributed by atoms with Crippen LogP contribution in [0.5, 0.6) is 23.0 Å². The van der Waals surface area contributed by atoms with Crippen molar-refractivity contribution in [2.24, 2.45) is 0 Å². The molecule has 0 bridgehead atoms. The number of alkyl halides is 6. The van der Waals surface area contributed by atoms with E-state index >= 15 is 0 Å². The van der Waals surface area contributed by atoms with Gasteiger partial charge in [0, 0.05) is 23.3 Å². The molecule has 0 radical (unpaired) electrons. The molecule has 0 unspecified atom stereocenters. The predicted octanol–water partition coefficient (Wildman–Crippen LogP) is 10.8. The molecule has 2 aromatic heterocycles. The van der Waals surface area contributed by atoms with Crippen molar-refractivity contribution < 1.29 is 54.9 Å². The monoisotopic (exact) mass is 934 g/mol. The Morgan fingerprint density at radius 1 is 0.633 bits per heavy atom. The van der Waals surface area contributed by atoms with Crippen molar-refractivity contribution in [3.05, 3.63) is 130 Å². The van der Waals surface area contributed by atoms with E-state index in [1.807, 2.05) is 0 Å². The van der Waals surface area contributed by atoms with Gasteiger partial charge in [-0.15, -0.1) is 40.8 Å². The van der Waals surface area contributed by atoms with Crippen LogP contribution in [0.15, 0.2) is 97.6 Å². The van der Waals surface area contributed by atoms with Crippen LogP contribution in [0.1, 0.15) is 20.7 Å². The van der Waals surface area contributed by atoms with Gasteiger partial charge in [-0.05, 0) is 48.0 Å². The molecule has 4 heterocycles. The molecule has 0 saturated carbocycles.